The average molecular weight is 262 g/mol. The summed E-state index contributed by atoms with van der Waals surface area (Å²) in [5.74, 6) is 0.591. The molecule has 0 bridgehead atoms. The molecule has 2 N–H and O–H groups in total. The van der Waals surface area contributed by atoms with E-state index in [4.69, 9.17) is 4.74 Å². The molecule has 4 nitrogen and oxygen atoms in total. The predicted molar refractivity (Wildman–Crippen MR) is 76.4 cm³/mol. The smallest absolute Gasteiger partial charge is 0.319 e. The second-order valence-electron chi connectivity index (χ2n) is 5.12. The molecule has 4 heteroatoms. The van der Waals surface area contributed by atoms with E-state index in [0.717, 1.165) is 31.7 Å². The fourth-order valence-corrected chi connectivity index (χ4v) is 2.24. The number of ether oxygens (including phenoxy) is 1. The Morgan fingerprint density at radius 3 is 2.84 bits per heavy atom. The summed E-state index contributed by atoms with van der Waals surface area (Å²) in [6.45, 7) is 4.45. The molecule has 0 radical (unpaired) electrons. The Morgan fingerprint density at radius 1 is 1.37 bits per heavy atom. The molecule has 104 valence electrons. The number of nitrogens with one attached hydrogen (secondary N) is 2. The normalized spacial score (nSPS) is 18.9. The van der Waals surface area contributed by atoms with Crippen LogP contribution in [0.1, 0.15) is 24.8 Å². The summed E-state index contributed by atoms with van der Waals surface area (Å²) in [7, 11) is 0. The van der Waals surface area contributed by atoms with Crippen molar-refractivity contribution < 1.29 is 9.53 Å². The topological polar surface area (TPSA) is 50.4 Å². The number of benzene rings is 1. The van der Waals surface area contributed by atoms with Crippen LogP contribution in [-0.2, 0) is 4.74 Å². The van der Waals surface area contributed by atoms with Gasteiger partial charge in [-0.1, -0.05) is 17.7 Å². The van der Waals surface area contributed by atoms with Gasteiger partial charge in [0.1, 0.15) is 0 Å². The first-order valence-corrected chi connectivity index (χ1v) is 6.93. The number of amides is 2. The van der Waals surface area contributed by atoms with Gasteiger partial charge in [-0.3, -0.25) is 0 Å². The maximum absolute atomic E-state index is 11.7. The number of rotatable bonds is 4. The average Bonchev–Trinajstić information content (AvgIpc) is 2.43. The standard InChI is InChI=1S/C15H22N2O2/c1-12-4-6-14(7-5-12)17-15(18)16-9-8-13-3-2-10-19-11-13/h4-7,13H,2-3,8-11H2,1H3,(H2,16,17,18)/t13-/m0/s1. The Labute approximate surface area is 114 Å². The first-order valence-electron chi connectivity index (χ1n) is 6.93. The van der Waals surface area contributed by atoms with Crippen LogP contribution in [-0.4, -0.2) is 25.8 Å². The van der Waals surface area contributed by atoms with Crippen LogP contribution < -0.4 is 10.6 Å². The SMILES string of the molecule is Cc1ccc(NC(=O)NCC[C@@H]2CCCOC2)cc1. The summed E-state index contributed by atoms with van der Waals surface area (Å²) < 4.78 is 5.42. The van der Waals surface area contributed by atoms with E-state index < -0.39 is 0 Å². The zero-order chi connectivity index (χ0) is 13.5. The van der Waals surface area contributed by atoms with E-state index in [-0.39, 0.29) is 6.03 Å². The summed E-state index contributed by atoms with van der Waals surface area (Å²) in [5.41, 5.74) is 2.01. The third kappa shape index (κ3) is 4.91. The van der Waals surface area contributed by atoms with Crippen molar-refractivity contribution in [2.75, 3.05) is 25.1 Å². The molecule has 0 aliphatic carbocycles. The first-order chi connectivity index (χ1) is 9.24. The highest BCUT2D eigenvalue weighted by atomic mass is 16.5. The zero-order valence-electron chi connectivity index (χ0n) is 11.4. The van der Waals surface area contributed by atoms with E-state index in [1.807, 2.05) is 31.2 Å². The third-order valence-electron chi connectivity index (χ3n) is 3.40. The fourth-order valence-electron chi connectivity index (χ4n) is 2.24. The second kappa shape index (κ2) is 7.14. The summed E-state index contributed by atoms with van der Waals surface area (Å²) in [6.07, 6.45) is 3.34. The van der Waals surface area contributed by atoms with Crippen molar-refractivity contribution in [1.82, 2.24) is 5.32 Å². The van der Waals surface area contributed by atoms with Gasteiger partial charge in [0.05, 0.1) is 0 Å². The molecule has 1 aromatic carbocycles. The fraction of sp³-hybridized carbons (Fsp3) is 0.533. The van der Waals surface area contributed by atoms with Crippen molar-refractivity contribution >= 4 is 11.7 Å². The maximum Gasteiger partial charge on any atom is 0.319 e. The second-order valence-corrected chi connectivity index (χ2v) is 5.12. The summed E-state index contributed by atoms with van der Waals surface area (Å²) >= 11 is 0. The molecule has 0 unspecified atom stereocenters. The molecule has 1 aromatic rings. The molecule has 1 aliphatic rings. The monoisotopic (exact) mass is 262 g/mol. The minimum absolute atomic E-state index is 0.138. The van der Waals surface area contributed by atoms with Crippen LogP contribution in [0.25, 0.3) is 0 Å². The van der Waals surface area contributed by atoms with Gasteiger partial charge in [-0.2, -0.15) is 0 Å². The van der Waals surface area contributed by atoms with Crippen LogP contribution in [0.3, 0.4) is 0 Å². The van der Waals surface area contributed by atoms with Crippen molar-refractivity contribution in [3.05, 3.63) is 29.8 Å². The summed E-state index contributed by atoms with van der Waals surface area (Å²) in [4.78, 5) is 11.7. The molecule has 1 atom stereocenters. The predicted octanol–water partition coefficient (Wildman–Crippen LogP) is 2.93. The van der Waals surface area contributed by atoms with Gasteiger partial charge in [0.2, 0.25) is 0 Å². The Bertz CT molecular complexity index is 397. The van der Waals surface area contributed by atoms with Crippen LogP contribution in [0.15, 0.2) is 24.3 Å². The van der Waals surface area contributed by atoms with Gasteiger partial charge in [0, 0.05) is 25.4 Å². The van der Waals surface area contributed by atoms with Gasteiger partial charge in [-0.25, -0.2) is 4.79 Å². The molecule has 2 rings (SSSR count). The molecule has 2 amide bonds. The molecule has 1 heterocycles. The largest absolute Gasteiger partial charge is 0.381 e. The molecule has 19 heavy (non-hydrogen) atoms. The van der Waals surface area contributed by atoms with Crippen molar-refractivity contribution in [2.45, 2.75) is 26.2 Å². The quantitative estimate of drug-likeness (QED) is 0.876. The number of anilines is 1. The number of hydrogen-bond donors (Lipinski definition) is 2. The van der Waals surface area contributed by atoms with E-state index in [9.17, 15) is 4.79 Å². The zero-order valence-corrected chi connectivity index (χ0v) is 11.4. The van der Waals surface area contributed by atoms with Crippen LogP contribution >= 0.6 is 0 Å². The minimum atomic E-state index is -0.138. The Hall–Kier alpha value is -1.55. The molecule has 1 fully saturated rings. The molecule has 0 saturated carbocycles. The Kier molecular flexibility index (Phi) is 5.21. The highest BCUT2D eigenvalue weighted by Crippen LogP contribution is 2.16. The van der Waals surface area contributed by atoms with Gasteiger partial charge in [-0.15, -0.1) is 0 Å². The van der Waals surface area contributed by atoms with Crippen molar-refractivity contribution in [3.8, 4) is 0 Å². The van der Waals surface area contributed by atoms with Crippen molar-refractivity contribution in [2.24, 2.45) is 5.92 Å². The van der Waals surface area contributed by atoms with E-state index in [2.05, 4.69) is 10.6 Å². The van der Waals surface area contributed by atoms with Gasteiger partial charge in [0.25, 0.3) is 0 Å². The molecule has 1 saturated heterocycles. The Balaban J connectivity index is 1.65. The maximum atomic E-state index is 11.7. The van der Waals surface area contributed by atoms with Crippen LogP contribution in [0.4, 0.5) is 10.5 Å². The third-order valence-corrected chi connectivity index (χ3v) is 3.40. The van der Waals surface area contributed by atoms with Crippen LogP contribution in [0.5, 0.6) is 0 Å². The highest BCUT2D eigenvalue weighted by Gasteiger charge is 2.13. The van der Waals surface area contributed by atoms with E-state index in [1.54, 1.807) is 0 Å². The van der Waals surface area contributed by atoms with Crippen LogP contribution in [0.2, 0.25) is 0 Å². The lowest BCUT2D eigenvalue weighted by Crippen LogP contribution is -2.31. The number of hydrogen-bond acceptors (Lipinski definition) is 2. The first kappa shape index (κ1) is 13.9. The molecule has 0 spiro atoms. The number of carbonyl (C=O) groups is 1. The molecule has 0 aromatic heterocycles. The lowest BCUT2D eigenvalue weighted by molar-refractivity contribution is 0.0520. The summed E-state index contributed by atoms with van der Waals surface area (Å²) in [5, 5.41) is 5.71. The van der Waals surface area contributed by atoms with Gasteiger partial charge in [-0.05, 0) is 44.2 Å². The van der Waals surface area contributed by atoms with Crippen molar-refractivity contribution in [1.29, 1.82) is 0 Å². The van der Waals surface area contributed by atoms with E-state index in [0.29, 0.717) is 12.5 Å². The van der Waals surface area contributed by atoms with Gasteiger partial charge < -0.3 is 15.4 Å². The van der Waals surface area contributed by atoms with Gasteiger partial charge >= 0.3 is 6.03 Å². The van der Waals surface area contributed by atoms with Crippen LogP contribution in [0, 0.1) is 12.8 Å². The number of carbonyl (C=O) groups excluding carboxylic acids is 1. The molecule has 1 aliphatic heterocycles. The highest BCUT2D eigenvalue weighted by molar-refractivity contribution is 5.89. The summed E-state index contributed by atoms with van der Waals surface area (Å²) in [6, 6.07) is 7.64. The van der Waals surface area contributed by atoms with Gasteiger partial charge in [0.15, 0.2) is 0 Å². The number of aryl methyl sites for hydroxylation is 1. The Morgan fingerprint density at radius 2 is 2.16 bits per heavy atom. The minimum Gasteiger partial charge on any atom is -0.381 e. The lowest BCUT2D eigenvalue weighted by atomic mass is 9.99. The van der Waals surface area contributed by atoms with E-state index in [1.165, 1.54) is 12.0 Å². The van der Waals surface area contributed by atoms with Crippen molar-refractivity contribution in [3.63, 3.8) is 0 Å². The molecular weight excluding hydrogens is 240 g/mol. The number of urea groups is 1. The molecular formula is C15H22N2O2. The lowest BCUT2D eigenvalue weighted by Gasteiger charge is -2.21. The van der Waals surface area contributed by atoms with E-state index >= 15 is 0 Å².